The lowest BCUT2D eigenvalue weighted by molar-refractivity contribution is 0.486. The minimum Gasteiger partial charge on any atom is -0.424 e. The Morgan fingerprint density at radius 1 is 0.778 bits per heavy atom. The summed E-state index contributed by atoms with van der Waals surface area (Å²) >= 11 is 18.0. The van der Waals surface area contributed by atoms with Gasteiger partial charge in [-0.2, -0.15) is 4.99 Å². The molecule has 1 aromatic heterocycles. The number of hydrogen-bond acceptors (Lipinski definition) is 3. The van der Waals surface area contributed by atoms with E-state index in [0.29, 0.717) is 37.4 Å². The fourth-order valence-electron chi connectivity index (χ4n) is 2.63. The third-order valence-corrected chi connectivity index (χ3v) is 4.64. The Morgan fingerprint density at radius 2 is 1.37 bits per heavy atom. The summed E-state index contributed by atoms with van der Waals surface area (Å²) in [7, 11) is 0. The van der Waals surface area contributed by atoms with Gasteiger partial charge in [0.15, 0.2) is 0 Å². The molecule has 0 saturated carbocycles. The van der Waals surface area contributed by atoms with Crippen LogP contribution in [0.2, 0.25) is 15.1 Å². The SMILES string of the molecule is O=c1c2cc(Cl)ccc2oc(=Nc2ccc(Cl)cc2)n1-c1ccc(Cl)cc1. The van der Waals surface area contributed by atoms with Crippen LogP contribution < -0.4 is 11.2 Å². The Bertz CT molecular complexity index is 1260. The summed E-state index contributed by atoms with van der Waals surface area (Å²) < 4.78 is 7.30. The van der Waals surface area contributed by atoms with E-state index in [2.05, 4.69) is 4.99 Å². The Hall–Kier alpha value is -2.53. The first kappa shape index (κ1) is 17.9. The molecule has 4 nitrogen and oxygen atoms in total. The molecule has 0 N–H and O–H groups in total. The minimum absolute atomic E-state index is 0.125. The zero-order valence-corrected chi connectivity index (χ0v) is 16.0. The van der Waals surface area contributed by atoms with Crippen molar-refractivity contribution in [2.45, 2.75) is 0 Å². The molecule has 0 atom stereocenters. The van der Waals surface area contributed by atoms with Crippen LogP contribution >= 0.6 is 34.8 Å². The smallest absolute Gasteiger partial charge is 0.310 e. The zero-order valence-electron chi connectivity index (χ0n) is 13.7. The minimum atomic E-state index is -0.297. The molecule has 27 heavy (non-hydrogen) atoms. The summed E-state index contributed by atoms with van der Waals surface area (Å²) in [6.07, 6.45) is 0. The number of fused-ring (bicyclic) bond motifs is 1. The van der Waals surface area contributed by atoms with Crippen molar-refractivity contribution in [3.63, 3.8) is 0 Å². The molecule has 0 spiro atoms. The summed E-state index contributed by atoms with van der Waals surface area (Å²) in [5, 5.41) is 1.95. The maximum atomic E-state index is 13.2. The highest BCUT2D eigenvalue weighted by atomic mass is 35.5. The molecule has 0 radical (unpaired) electrons. The van der Waals surface area contributed by atoms with Gasteiger partial charge >= 0.3 is 5.68 Å². The number of benzene rings is 3. The van der Waals surface area contributed by atoms with Gasteiger partial charge in [-0.25, -0.2) is 4.57 Å². The second kappa shape index (κ2) is 7.24. The van der Waals surface area contributed by atoms with Crippen molar-refractivity contribution in [2.24, 2.45) is 4.99 Å². The highest BCUT2D eigenvalue weighted by molar-refractivity contribution is 6.31. The molecule has 134 valence electrons. The number of halogens is 3. The number of aromatic nitrogens is 1. The zero-order chi connectivity index (χ0) is 19.0. The van der Waals surface area contributed by atoms with Crippen molar-refractivity contribution >= 4 is 51.5 Å². The van der Waals surface area contributed by atoms with E-state index < -0.39 is 0 Å². The van der Waals surface area contributed by atoms with Crippen LogP contribution in [0.3, 0.4) is 0 Å². The van der Waals surface area contributed by atoms with Crippen molar-refractivity contribution in [1.82, 2.24) is 4.57 Å². The highest BCUT2D eigenvalue weighted by Gasteiger charge is 2.11. The quantitative estimate of drug-likeness (QED) is 0.415. The average molecular weight is 418 g/mol. The molecule has 7 heteroatoms. The molecular formula is C20H11Cl3N2O2. The molecule has 4 aromatic rings. The van der Waals surface area contributed by atoms with E-state index >= 15 is 0 Å². The van der Waals surface area contributed by atoms with Gasteiger partial charge in [-0.1, -0.05) is 34.8 Å². The molecule has 0 aliphatic carbocycles. The van der Waals surface area contributed by atoms with Gasteiger partial charge < -0.3 is 4.42 Å². The number of hydrogen-bond donors (Lipinski definition) is 0. The second-order valence-corrected chi connectivity index (χ2v) is 7.04. The summed E-state index contributed by atoms with van der Waals surface area (Å²) in [5.74, 6) is 0. The summed E-state index contributed by atoms with van der Waals surface area (Å²) in [6, 6.07) is 18.6. The molecule has 1 heterocycles. The molecule has 0 unspecified atom stereocenters. The molecule has 0 bridgehead atoms. The van der Waals surface area contributed by atoms with E-state index in [1.54, 1.807) is 66.7 Å². The van der Waals surface area contributed by atoms with Crippen LogP contribution in [0.4, 0.5) is 5.69 Å². The van der Waals surface area contributed by atoms with Crippen LogP contribution in [0.1, 0.15) is 0 Å². The fraction of sp³-hybridized carbons (Fsp3) is 0. The lowest BCUT2D eigenvalue weighted by Crippen LogP contribution is -2.31. The van der Waals surface area contributed by atoms with Gasteiger partial charge in [0.1, 0.15) is 5.58 Å². The molecule has 0 aliphatic rings. The Labute approximate surface area is 168 Å². The largest absolute Gasteiger partial charge is 0.424 e. The van der Waals surface area contributed by atoms with Crippen molar-refractivity contribution in [2.75, 3.05) is 0 Å². The van der Waals surface area contributed by atoms with E-state index in [4.69, 9.17) is 39.2 Å². The van der Waals surface area contributed by atoms with Gasteiger partial charge in [-0.05, 0) is 66.7 Å². The molecular weight excluding hydrogens is 407 g/mol. The summed E-state index contributed by atoms with van der Waals surface area (Å²) in [4.78, 5) is 17.6. The molecule has 3 aromatic carbocycles. The van der Waals surface area contributed by atoms with Gasteiger partial charge in [-0.3, -0.25) is 4.79 Å². The standard InChI is InChI=1S/C20H11Cl3N2O2/c21-12-1-6-15(7-2-12)24-20-25(16-8-3-13(22)4-9-16)19(26)17-11-14(23)5-10-18(17)27-20/h1-11H. The predicted octanol–water partition coefficient (Wildman–Crippen LogP) is 5.78. The van der Waals surface area contributed by atoms with Crippen LogP contribution in [-0.4, -0.2) is 4.57 Å². The topological polar surface area (TPSA) is 47.5 Å². The van der Waals surface area contributed by atoms with E-state index in [1.165, 1.54) is 4.57 Å². The van der Waals surface area contributed by atoms with Gasteiger partial charge in [-0.15, -0.1) is 0 Å². The van der Waals surface area contributed by atoms with E-state index in [0.717, 1.165) is 0 Å². The fourth-order valence-corrected chi connectivity index (χ4v) is 3.05. The molecule has 0 saturated heterocycles. The van der Waals surface area contributed by atoms with Gasteiger partial charge in [0.05, 0.1) is 16.8 Å². The maximum absolute atomic E-state index is 13.2. The van der Waals surface area contributed by atoms with Crippen LogP contribution in [-0.2, 0) is 0 Å². The molecule has 4 rings (SSSR count). The van der Waals surface area contributed by atoms with E-state index in [-0.39, 0.29) is 11.2 Å². The van der Waals surface area contributed by atoms with Crippen molar-refractivity contribution in [1.29, 1.82) is 0 Å². The maximum Gasteiger partial charge on any atom is 0.310 e. The first-order valence-electron chi connectivity index (χ1n) is 7.93. The van der Waals surface area contributed by atoms with Crippen molar-refractivity contribution in [3.8, 4) is 5.69 Å². The third kappa shape index (κ3) is 3.65. The highest BCUT2D eigenvalue weighted by Crippen LogP contribution is 2.19. The Morgan fingerprint density at radius 3 is 2.04 bits per heavy atom. The second-order valence-electron chi connectivity index (χ2n) is 5.73. The first-order chi connectivity index (χ1) is 13.0. The third-order valence-electron chi connectivity index (χ3n) is 3.90. The normalized spacial score (nSPS) is 11.9. The van der Waals surface area contributed by atoms with Crippen LogP contribution in [0.25, 0.3) is 16.7 Å². The summed E-state index contributed by atoms with van der Waals surface area (Å²) in [6.45, 7) is 0. The molecule has 0 fully saturated rings. The van der Waals surface area contributed by atoms with Crippen LogP contribution in [0, 0.1) is 0 Å². The van der Waals surface area contributed by atoms with E-state index in [1.807, 2.05) is 0 Å². The number of nitrogens with zero attached hydrogens (tertiary/aromatic N) is 2. The first-order valence-corrected chi connectivity index (χ1v) is 9.06. The Kier molecular flexibility index (Phi) is 4.79. The van der Waals surface area contributed by atoms with Gasteiger partial charge in [0.2, 0.25) is 0 Å². The number of rotatable bonds is 2. The Balaban J connectivity index is 2.08. The average Bonchev–Trinajstić information content (AvgIpc) is 2.66. The predicted molar refractivity (Wildman–Crippen MR) is 109 cm³/mol. The van der Waals surface area contributed by atoms with Crippen molar-refractivity contribution < 1.29 is 4.42 Å². The van der Waals surface area contributed by atoms with E-state index in [9.17, 15) is 4.79 Å². The lowest BCUT2D eigenvalue weighted by Gasteiger charge is -2.08. The van der Waals surface area contributed by atoms with Gasteiger partial charge in [0.25, 0.3) is 5.56 Å². The lowest BCUT2D eigenvalue weighted by atomic mass is 10.2. The molecule has 0 aliphatic heterocycles. The summed E-state index contributed by atoms with van der Waals surface area (Å²) in [5.41, 5.74) is 1.39. The monoisotopic (exact) mass is 416 g/mol. The van der Waals surface area contributed by atoms with Crippen molar-refractivity contribution in [3.05, 3.63) is 97.8 Å². The van der Waals surface area contributed by atoms with Crippen LogP contribution in [0.15, 0.2) is 80.9 Å². The molecule has 0 amide bonds. The van der Waals surface area contributed by atoms with Gasteiger partial charge in [0, 0.05) is 15.1 Å². The van der Waals surface area contributed by atoms with Crippen LogP contribution in [0.5, 0.6) is 0 Å².